The number of anilines is 1. The van der Waals surface area contributed by atoms with Gasteiger partial charge in [-0.3, -0.25) is 14.4 Å². The van der Waals surface area contributed by atoms with E-state index >= 15 is 0 Å². The molecule has 5 rings (SSSR count). The Morgan fingerprint density at radius 2 is 1.98 bits per heavy atom. The molecule has 7 nitrogen and oxygen atoms in total. The first-order valence-corrected chi connectivity index (χ1v) is 17.0. The van der Waals surface area contributed by atoms with Gasteiger partial charge in [-0.05, 0) is 48.1 Å². The predicted molar refractivity (Wildman–Crippen MR) is 176 cm³/mol. The lowest BCUT2D eigenvalue weighted by molar-refractivity contribution is -0.154. The largest absolute Gasteiger partial charge is 0.465 e. The molecule has 43 heavy (non-hydrogen) atoms. The molecule has 3 heterocycles. The lowest BCUT2D eigenvalue weighted by atomic mass is 9.71. The molecule has 3 unspecified atom stereocenters. The van der Waals surface area contributed by atoms with Gasteiger partial charge in [0.05, 0.1) is 35.8 Å². The van der Waals surface area contributed by atoms with Gasteiger partial charge in [-0.1, -0.05) is 78.7 Å². The number of thioether (sulfide) groups is 1. The molecule has 2 aromatic carbocycles. The number of hydrogen-bond acceptors (Lipinski definition) is 6. The Kier molecular flexibility index (Phi) is 9.73. The molecule has 3 saturated heterocycles. The number of benzene rings is 2. The molecular weight excluding hydrogens is 628 g/mol. The summed E-state index contributed by atoms with van der Waals surface area (Å²) in [5.74, 6) is -2.29. The SMILES string of the molecule is C=CCCCOC(=O)[C@H]1[C@@H]2SC3(CC2Br)C(C(=O)N(CC=C)c2ccc4ccccc4c2)N([C@@H](CO)[C@@H](C)CC)C(=O)[C@H]13. The van der Waals surface area contributed by atoms with Crippen LogP contribution in [0.3, 0.4) is 0 Å². The van der Waals surface area contributed by atoms with Crippen molar-refractivity contribution in [2.75, 3.05) is 24.7 Å². The van der Waals surface area contributed by atoms with Crippen molar-refractivity contribution in [2.24, 2.45) is 17.8 Å². The van der Waals surface area contributed by atoms with Gasteiger partial charge in [-0.2, -0.15) is 0 Å². The van der Waals surface area contributed by atoms with Crippen LogP contribution in [0.15, 0.2) is 67.8 Å². The fourth-order valence-corrected chi connectivity index (χ4v) is 10.8. The van der Waals surface area contributed by atoms with E-state index in [2.05, 4.69) is 29.1 Å². The number of fused-ring (bicyclic) bond motifs is 2. The van der Waals surface area contributed by atoms with Gasteiger partial charge in [0.25, 0.3) is 5.91 Å². The molecule has 1 spiro atoms. The number of nitrogens with zero attached hydrogens (tertiary/aromatic N) is 2. The highest BCUT2D eigenvalue weighted by molar-refractivity contribution is 9.09. The maximum absolute atomic E-state index is 15.0. The Bertz CT molecular complexity index is 1400. The van der Waals surface area contributed by atoms with E-state index in [0.717, 1.165) is 23.6 Å². The summed E-state index contributed by atoms with van der Waals surface area (Å²) in [4.78, 5) is 46.4. The van der Waals surface area contributed by atoms with Gasteiger partial charge in [0, 0.05) is 22.3 Å². The molecule has 3 fully saturated rings. The average Bonchev–Trinajstić information content (AvgIpc) is 3.61. The van der Waals surface area contributed by atoms with Crippen LogP contribution in [0.25, 0.3) is 10.8 Å². The van der Waals surface area contributed by atoms with E-state index in [-0.39, 0.29) is 53.5 Å². The molecule has 1 N–H and O–H groups in total. The minimum atomic E-state index is -0.865. The number of rotatable bonds is 13. The number of carbonyl (C=O) groups excluding carboxylic acids is 3. The second-order valence-corrected chi connectivity index (χ2v) is 14.6. The number of likely N-dealkylation sites (tertiary alicyclic amines) is 1. The molecule has 230 valence electrons. The molecular formula is C34H41BrN2O5S. The van der Waals surface area contributed by atoms with Gasteiger partial charge in [0.2, 0.25) is 5.91 Å². The van der Waals surface area contributed by atoms with E-state index in [1.54, 1.807) is 33.7 Å². The molecule has 0 aromatic heterocycles. The molecule has 2 amide bonds. The average molecular weight is 670 g/mol. The van der Waals surface area contributed by atoms with E-state index in [9.17, 15) is 19.5 Å². The van der Waals surface area contributed by atoms with Gasteiger partial charge < -0.3 is 19.6 Å². The quantitative estimate of drug-likeness (QED) is 0.127. The molecule has 3 aliphatic rings. The number of ether oxygens (including phenoxy) is 1. The van der Waals surface area contributed by atoms with Crippen molar-refractivity contribution < 1.29 is 24.2 Å². The summed E-state index contributed by atoms with van der Waals surface area (Å²) < 4.78 is 4.88. The molecule has 3 aliphatic heterocycles. The van der Waals surface area contributed by atoms with Crippen molar-refractivity contribution in [3.63, 3.8) is 0 Å². The van der Waals surface area contributed by atoms with Crippen LogP contribution in [0.4, 0.5) is 5.69 Å². The zero-order valence-electron chi connectivity index (χ0n) is 24.9. The number of carbonyl (C=O) groups is 3. The first-order chi connectivity index (χ1) is 20.7. The zero-order chi connectivity index (χ0) is 30.9. The molecule has 0 aliphatic carbocycles. The third-order valence-corrected chi connectivity index (χ3v) is 12.7. The van der Waals surface area contributed by atoms with Crippen molar-refractivity contribution >= 4 is 61.9 Å². The van der Waals surface area contributed by atoms with Crippen molar-refractivity contribution in [1.29, 1.82) is 0 Å². The Balaban J connectivity index is 1.59. The first kappa shape index (κ1) is 31.8. The van der Waals surface area contributed by atoms with E-state index in [1.807, 2.05) is 56.3 Å². The second kappa shape index (κ2) is 13.2. The maximum atomic E-state index is 15.0. The standard InChI is InChI=1S/C34H41BrN2O5S/c1-5-8-11-17-42-33(41)27-28-31(39)37(26(20-38)21(4)7-3)30(34(28)19-25(35)29(27)43-34)32(40)36(16-6-2)24-15-14-22-12-9-10-13-23(22)18-24/h5-6,9-10,12-15,18,21,25-30,38H,1-2,7-8,11,16-17,19-20H2,3-4H3/t21-,25?,26-,27+,28-,29+,30?,34?/m0/s1. The van der Waals surface area contributed by atoms with Gasteiger partial charge in [0.15, 0.2) is 0 Å². The predicted octanol–water partition coefficient (Wildman–Crippen LogP) is 5.74. The summed E-state index contributed by atoms with van der Waals surface area (Å²) >= 11 is 5.40. The van der Waals surface area contributed by atoms with Crippen LogP contribution in [0, 0.1) is 17.8 Å². The number of aliphatic hydroxyl groups excluding tert-OH is 1. The summed E-state index contributed by atoms with van der Waals surface area (Å²) in [6, 6.07) is 12.5. The third-order valence-electron chi connectivity index (χ3n) is 9.50. The number of alkyl halides is 1. The Morgan fingerprint density at radius 1 is 1.23 bits per heavy atom. The number of halogens is 1. The van der Waals surface area contributed by atoms with Crippen LogP contribution in [-0.2, 0) is 19.1 Å². The van der Waals surface area contributed by atoms with Gasteiger partial charge in [-0.15, -0.1) is 24.9 Å². The minimum Gasteiger partial charge on any atom is -0.465 e. The molecule has 9 heteroatoms. The number of amides is 2. The van der Waals surface area contributed by atoms with Crippen LogP contribution in [0.1, 0.15) is 39.5 Å². The lowest BCUT2D eigenvalue weighted by Gasteiger charge is -2.41. The van der Waals surface area contributed by atoms with Gasteiger partial charge >= 0.3 is 5.97 Å². The summed E-state index contributed by atoms with van der Waals surface area (Å²) in [5, 5.41) is 12.5. The summed E-state index contributed by atoms with van der Waals surface area (Å²) in [6.45, 7) is 11.9. The molecule has 8 atom stereocenters. The van der Waals surface area contributed by atoms with Gasteiger partial charge in [0.1, 0.15) is 6.04 Å². The number of unbranched alkanes of at least 4 members (excludes halogenated alkanes) is 1. The number of hydrogen-bond donors (Lipinski definition) is 1. The lowest BCUT2D eigenvalue weighted by Crippen LogP contribution is -2.59. The van der Waals surface area contributed by atoms with Crippen molar-refractivity contribution in [2.45, 2.75) is 66.4 Å². The summed E-state index contributed by atoms with van der Waals surface area (Å²) in [6.07, 6.45) is 6.15. The van der Waals surface area contributed by atoms with Crippen LogP contribution >= 0.6 is 27.7 Å². The van der Waals surface area contributed by atoms with Crippen molar-refractivity contribution in [3.05, 3.63) is 67.8 Å². The molecule has 0 radical (unpaired) electrons. The highest BCUT2D eigenvalue weighted by Gasteiger charge is 2.77. The highest BCUT2D eigenvalue weighted by Crippen LogP contribution is 2.68. The van der Waals surface area contributed by atoms with Crippen molar-refractivity contribution in [1.82, 2.24) is 4.90 Å². The first-order valence-electron chi connectivity index (χ1n) is 15.2. The fourth-order valence-electron chi connectivity index (χ4n) is 7.23. The smallest absolute Gasteiger partial charge is 0.310 e. The normalized spacial score (nSPS) is 28.9. The Hall–Kier alpha value is -2.62. The van der Waals surface area contributed by atoms with Crippen LogP contribution in [0.2, 0.25) is 0 Å². The molecule has 0 saturated carbocycles. The Morgan fingerprint density at radius 3 is 2.65 bits per heavy atom. The summed E-state index contributed by atoms with van der Waals surface area (Å²) in [7, 11) is 0. The fraction of sp³-hybridized carbons (Fsp3) is 0.500. The van der Waals surface area contributed by atoms with Crippen LogP contribution < -0.4 is 4.90 Å². The maximum Gasteiger partial charge on any atom is 0.310 e. The highest BCUT2D eigenvalue weighted by atomic mass is 79.9. The molecule has 2 bridgehead atoms. The third kappa shape index (κ3) is 5.46. The van der Waals surface area contributed by atoms with Crippen molar-refractivity contribution in [3.8, 4) is 0 Å². The molecule has 2 aromatic rings. The topological polar surface area (TPSA) is 87.2 Å². The van der Waals surface area contributed by atoms with E-state index in [4.69, 9.17) is 4.74 Å². The number of esters is 1. The second-order valence-electron chi connectivity index (χ2n) is 11.9. The van der Waals surface area contributed by atoms with Crippen LogP contribution in [-0.4, -0.2) is 74.5 Å². The van der Waals surface area contributed by atoms with E-state index in [0.29, 0.717) is 18.5 Å². The van der Waals surface area contributed by atoms with E-state index < -0.39 is 28.7 Å². The minimum absolute atomic E-state index is 0.0562. The monoisotopic (exact) mass is 668 g/mol. The van der Waals surface area contributed by atoms with Gasteiger partial charge in [-0.25, -0.2) is 0 Å². The Labute approximate surface area is 266 Å². The summed E-state index contributed by atoms with van der Waals surface area (Å²) in [5.41, 5.74) is 0.714. The zero-order valence-corrected chi connectivity index (χ0v) is 27.3. The van der Waals surface area contributed by atoms with E-state index in [1.165, 1.54) is 0 Å². The number of allylic oxidation sites excluding steroid dienone is 1. The number of aliphatic hydroxyl groups is 1. The van der Waals surface area contributed by atoms with Crippen LogP contribution in [0.5, 0.6) is 0 Å².